The monoisotopic (exact) mass is 185 g/mol. The number of rotatable bonds is 2. The second-order valence-electron chi connectivity index (χ2n) is 2.40. The Morgan fingerprint density at radius 3 is 3.00 bits per heavy atom. The van der Waals surface area contributed by atoms with Gasteiger partial charge < -0.3 is 4.29 Å². The Morgan fingerprint density at radius 2 is 2.50 bits per heavy atom. The molecule has 0 saturated heterocycles. The third kappa shape index (κ3) is 1.95. The van der Waals surface area contributed by atoms with Crippen LogP contribution >= 0.6 is 11.9 Å². The smallest absolute Gasteiger partial charge is 0.331 e. The maximum absolute atomic E-state index is 10.9. The maximum atomic E-state index is 10.9. The zero-order valence-corrected chi connectivity index (χ0v) is 7.28. The van der Waals surface area contributed by atoms with E-state index in [4.69, 9.17) is 11.9 Å². The molecule has 1 unspecified atom stereocenters. The summed E-state index contributed by atoms with van der Waals surface area (Å²) in [4.78, 5) is 14.8. The highest BCUT2D eigenvalue weighted by atomic mass is 35.5. The summed E-state index contributed by atoms with van der Waals surface area (Å²) in [6.45, 7) is 1.71. The van der Waals surface area contributed by atoms with Crippen LogP contribution in [0.3, 0.4) is 0 Å². The number of carbonyl (C=O) groups is 1. The molecule has 3 nitrogen and oxygen atoms in total. The molecule has 1 rings (SSSR count). The Balaban J connectivity index is 2.78. The van der Waals surface area contributed by atoms with Crippen molar-refractivity contribution in [3.63, 3.8) is 0 Å². The maximum Gasteiger partial charge on any atom is 0.331 e. The molecule has 1 aromatic rings. The van der Waals surface area contributed by atoms with E-state index in [0.717, 1.165) is 5.56 Å². The standard InChI is InChI=1S/C8H8ClNO2/c1-6(8(11)12-9)7-3-2-4-10-5-7/h2-6H,1H3. The van der Waals surface area contributed by atoms with Gasteiger partial charge >= 0.3 is 5.97 Å². The highest BCUT2D eigenvalue weighted by molar-refractivity contribution is 6.13. The third-order valence-electron chi connectivity index (χ3n) is 1.61. The van der Waals surface area contributed by atoms with Gasteiger partial charge in [0.05, 0.1) is 5.92 Å². The molecule has 0 bridgehead atoms. The molecule has 0 spiro atoms. The highest BCUT2D eigenvalue weighted by Gasteiger charge is 2.15. The Hall–Kier alpha value is -1.09. The lowest BCUT2D eigenvalue weighted by molar-refractivity contribution is -0.135. The van der Waals surface area contributed by atoms with Crippen molar-refractivity contribution in [2.45, 2.75) is 12.8 Å². The van der Waals surface area contributed by atoms with Crippen molar-refractivity contribution in [3.05, 3.63) is 30.1 Å². The van der Waals surface area contributed by atoms with E-state index in [1.165, 1.54) is 0 Å². The predicted molar refractivity (Wildman–Crippen MR) is 44.6 cm³/mol. The lowest BCUT2D eigenvalue weighted by atomic mass is 10.0. The molecule has 0 amide bonds. The second kappa shape index (κ2) is 4.07. The summed E-state index contributed by atoms with van der Waals surface area (Å²) in [6.07, 6.45) is 3.25. The first-order valence-corrected chi connectivity index (χ1v) is 3.79. The average molecular weight is 186 g/mol. The van der Waals surface area contributed by atoms with Crippen LogP contribution in [0.15, 0.2) is 24.5 Å². The summed E-state index contributed by atoms with van der Waals surface area (Å²) in [6, 6.07) is 3.55. The molecule has 0 aliphatic carbocycles. The number of hydrogen-bond donors (Lipinski definition) is 0. The number of pyridine rings is 1. The van der Waals surface area contributed by atoms with Crippen LogP contribution in [0.1, 0.15) is 18.4 Å². The topological polar surface area (TPSA) is 39.2 Å². The van der Waals surface area contributed by atoms with E-state index in [9.17, 15) is 4.79 Å². The van der Waals surface area contributed by atoms with Gasteiger partial charge in [-0.15, -0.1) is 0 Å². The minimum atomic E-state index is -0.468. The molecule has 0 aliphatic heterocycles. The van der Waals surface area contributed by atoms with Crippen molar-refractivity contribution in [1.29, 1.82) is 0 Å². The fraction of sp³-hybridized carbons (Fsp3) is 0.250. The lowest BCUT2D eigenvalue weighted by Crippen LogP contribution is -2.08. The van der Waals surface area contributed by atoms with Gasteiger partial charge in [-0.1, -0.05) is 6.07 Å². The van der Waals surface area contributed by atoms with Gasteiger partial charge in [0, 0.05) is 12.4 Å². The van der Waals surface area contributed by atoms with Gasteiger partial charge in [-0.3, -0.25) is 4.98 Å². The number of nitrogens with zero attached hydrogens (tertiary/aromatic N) is 1. The van der Waals surface area contributed by atoms with Crippen LogP contribution in [-0.2, 0) is 9.08 Å². The SMILES string of the molecule is CC(C(=O)OCl)c1cccnc1. The minimum Gasteiger partial charge on any atom is -0.347 e. The number of halogens is 1. The van der Waals surface area contributed by atoms with Gasteiger partial charge in [-0.2, -0.15) is 0 Å². The Bertz CT molecular complexity index is 263. The lowest BCUT2D eigenvalue weighted by Gasteiger charge is -2.05. The van der Waals surface area contributed by atoms with E-state index in [1.54, 1.807) is 31.5 Å². The van der Waals surface area contributed by atoms with Crippen LogP contribution < -0.4 is 0 Å². The minimum absolute atomic E-state index is 0.365. The molecule has 0 aliphatic rings. The number of carbonyl (C=O) groups excluding carboxylic acids is 1. The first-order chi connectivity index (χ1) is 5.75. The fourth-order valence-electron chi connectivity index (χ4n) is 0.835. The largest absolute Gasteiger partial charge is 0.347 e. The van der Waals surface area contributed by atoms with E-state index >= 15 is 0 Å². The first kappa shape index (κ1) is 9.00. The van der Waals surface area contributed by atoms with Crippen LogP contribution in [0.4, 0.5) is 0 Å². The van der Waals surface area contributed by atoms with Gasteiger partial charge in [0.2, 0.25) is 0 Å². The molecule has 0 aromatic carbocycles. The summed E-state index contributed by atoms with van der Waals surface area (Å²) in [7, 11) is 0. The van der Waals surface area contributed by atoms with Crippen LogP contribution in [0.5, 0.6) is 0 Å². The number of hydrogen-bond acceptors (Lipinski definition) is 3. The Labute approximate surface area is 75.5 Å². The molecular formula is C8H8ClNO2. The molecule has 64 valence electrons. The molecule has 0 N–H and O–H groups in total. The fourth-order valence-corrected chi connectivity index (χ4v) is 0.969. The van der Waals surface area contributed by atoms with E-state index in [-0.39, 0.29) is 5.92 Å². The highest BCUT2D eigenvalue weighted by Crippen LogP contribution is 2.15. The van der Waals surface area contributed by atoms with E-state index < -0.39 is 5.97 Å². The van der Waals surface area contributed by atoms with Crippen LogP contribution in [0.25, 0.3) is 0 Å². The van der Waals surface area contributed by atoms with Crippen molar-refractivity contribution < 1.29 is 9.08 Å². The van der Waals surface area contributed by atoms with Crippen molar-refractivity contribution in [2.75, 3.05) is 0 Å². The summed E-state index contributed by atoms with van der Waals surface area (Å²) >= 11 is 4.93. The predicted octanol–water partition coefficient (Wildman–Crippen LogP) is 1.88. The average Bonchev–Trinajstić information content (AvgIpc) is 2.17. The van der Waals surface area contributed by atoms with Gasteiger partial charge in [0.15, 0.2) is 0 Å². The summed E-state index contributed by atoms with van der Waals surface area (Å²) in [5.41, 5.74) is 0.795. The molecule has 1 aromatic heterocycles. The van der Waals surface area contributed by atoms with E-state index in [1.807, 2.05) is 0 Å². The van der Waals surface area contributed by atoms with Crippen molar-refractivity contribution >= 4 is 17.8 Å². The molecule has 0 saturated carbocycles. The van der Waals surface area contributed by atoms with Crippen LogP contribution in [0.2, 0.25) is 0 Å². The molecule has 4 heteroatoms. The second-order valence-corrected chi connectivity index (χ2v) is 2.56. The summed E-state index contributed by atoms with van der Waals surface area (Å²) < 4.78 is 4.07. The van der Waals surface area contributed by atoms with Gasteiger partial charge in [-0.25, -0.2) is 4.79 Å². The molecule has 0 fully saturated rings. The Kier molecular flexibility index (Phi) is 3.05. The van der Waals surface area contributed by atoms with Crippen LogP contribution in [-0.4, -0.2) is 11.0 Å². The number of aromatic nitrogens is 1. The zero-order valence-electron chi connectivity index (χ0n) is 6.53. The molecule has 0 radical (unpaired) electrons. The van der Waals surface area contributed by atoms with Crippen molar-refractivity contribution in [2.24, 2.45) is 0 Å². The molecule has 1 atom stereocenters. The quantitative estimate of drug-likeness (QED) is 0.706. The van der Waals surface area contributed by atoms with Gasteiger partial charge in [0.25, 0.3) is 0 Å². The van der Waals surface area contributed by atoms with Crippen molar-refractivity contribution in [1.82, 2.24) is 4.98 Å². The van der Waals surface area contributed by atoms with E-state index in [2.05, 4.69) is 9.27 Å². The van der Waals surface area contributed by atoms with E-state index in [0.29, 0.717) is 0 Å². The molecule has 1 heterocycles. The molecule has 12 heavy (non-hydrogen) atoms. The third-order valence-corrected chi connectivity index (χ3v) is 1.77. The van der Waals surface area contributed by atoms with Crippen molar-refractivity contribution in [3.8, 4) is 0 Å². The summed E-state index contributed by atoms with van der Waals surface area (Å²) in [5, 5.41) is 0. The zero-order chi connectivity index (χ0) is 8.97. The van der Waals surface area contributed by atoms with Gasteiger partial charge in [0.1, 0.15) is 11.9 Å². The summed E-state index contributed by atoms with van der Waals surface area (Å²) in [5.74, 6) is -0.833. The molecular weight excluding hydrogens is 178 g/mol. The first-order valence-electron chi connectivity index (χ1n) is 3.48. The van der Waals surface area contributed by atoms with Crippen LogP contribution in [0, 0.1) is 0 Å². The Morgan fingerprint density at radius 1 is 1.75 bits per heavy atom. The van der Waals surface area contributed by atoms with Gasteiger partial charge in [-0.05, 0) is 18.6 Å². The normalized spacial score (nSPS) is 12.2.